The number of rotatable bonds is 6. The number of aromatic nitrogens is 3. The second kappa shape index (κ2) is 8.19. The molecular formula is C20H20N4O5. The zero-order chi connectivity index (χ0) is 20.2. The lowest BCUT2D eigenvalue weighted by Crippen LogP contribution is -2.17. The van der Waals surface area contributed by atoms with Crippen molar-refractivity contribution in [1.82, 2.24) is 14.8 Å². The van der Waals surface area contributed by atoms with Gasteiger partial charge in [0.2, 0.25) is 5.82 Å². The average Bonchev–Trinajstić information content (AvgIpc) is 3.22. The Bertz CT molecular complexity index is 1000. The Kier molecular flexibility index (Phi) is 5.30. The molecule has 1 amide bonds. The molecule has 29 heavy (non-hydrogen) atoms. The summed E-state index contributed by atoms with van der Waals surface area (Å²) in [5.41, 5.74) is 1.26. The van der Waals surface area contributed by atoms with Crippen molar-refractivity contribution in [2.75, 3.05) is 25.6 Å². The first-order chi connectivity index (χ1) is 14.1. The number of anilines is 1. The van der Waals surface area contributed by atoms with Gasteiger partial charge in [-0.2, -0.15) is 0 Å². The minimum atomic E-state index is -0.795. The number of hydrogen-bond acceptors (Lipinski definition) is 7. The van der Waals surface area contributed by atoms with Gasteiger partial charge in [-0.1, -0.05) is 12.1 Å². The van der Waals surface area contributed by atoms with Gasteiger partial charge in [-0.25, -0.2) is 9.67 Å². The highest BCUT2D eigenvalue weighted by molar-refractivity contribution is 6.01. The smallest absolute Gasteiger partial charge is 0.295 e. The Hall–Kier alpha value is -3.59. The van der Waals surface area contributed by atoms with Crippen LogP contribution in [0, 0.1) is 0 Å². The second-order valence-electron chi connectivity index (χ2n) is 6.39. The summed E-state index contributed by atoms with van der Waals surface area (Å²) in [7, 11) is 1.58. The zero-order valence-corrected chi connectivity index (χ0v) is 15.7. The van der Waals surface area contributed by atoms with Crippen LogP contribution in [0.2, 0.25) is 0 Å². The molecule has 9 nitrogen and oxygen atoms in total. The molecule has 2 aromatic carbocycles. The molecule has 4 rings (SSSR count). The molecule has 1 aliphatic heterocycles. The lowest BCUT2D eigenvalue weighted by atomic mass is 10.1. The van der Waals surface area contributed by atoms with Crippen molar-refractivity contribution < 1.29 is 24.1 Å². The molecule has 9 heteroatoms. The second-order valence-corrected chi connectivity index (χ2v) is 6.39. The quantitative estimate of drug-likeness (QED) is 0.656. The molecule has 0 spiro atoms. The van der Waals surface area contributed by atoms with Gasteiger partial charge in [-0.15, -0.1) is 5.10 Å². The molecular weight excluding hydrogens is 376 g/mol. The van der Waals surface area contributed by atoms with Gasteiger partial charge in [0, 0.05) is 11.8 Å². The van der Waals surface area contributed by atoms with Gasteiger partial charge in [-0.3, -0.25) is 4.79 Å². The van der Waals surface area contributed by atoms with Crippen molar-refractivity contribution in [2.45, 2.75) is 12.6 Å². The van der Waals surface area contributed by atoms with E-state index >= 15 is 0 Å². The predicted molar refractivity (Wildman–Crippen MR) is 103 cm³/mol. The molecule has 0 unspecified atom stereocenters. The lowest BCUT2D eigenvalue weighted by Gasteiger charge is -2.18. The van der Waals surface area contributed by atoms with Gasteiger partial charge in [0.15, 0.2) is 11.5 Å². The van der Waals surface area contributed by atoms with E-state index in [-0.39, 0.29) is 12.4 Å². The van der Waals surface area contributed by atoms with E-state index in [0.717, 1.165) is 0 Å². The molecule has 3 aromatic rings. The number of aliphatic hydroxyl groups excluding tert-OH is 1. The average molecular weight is 396 g/mol. The van der Waals surface area contributed by atoms with Crippen LogP contribution in [0.3, 0.4) is 0 Å². The minimum absolute atomic E-state index is 0.00169. The standard InChI is InChI=1S/C20H20N4O5/c1-27-15-5-2-13(3-6-15)16(25)11-24-12-21-19(23-24)20(26)22-14-4-7-17-18(10-14)29-9-8-28-17/h2-7,10,12,16,25H,8-9,11H2,1H3,(H,22,26)/t16-/m0/s1. The number of amides is 1. The van der Waals surface area contributed by atoms with E-state index in [1.807, 2.05) is 0 Å². The molecule has 2 N–H and O–H groups in total. The van der Waals surface area contributed by atoms with Crippen LogP contribution in [0.25, 0.3) is 0 Å². The fraction of sp³-hybridized carbons (Fsp3) is 0.250. The Balaban J connectivity index is 1.39. The molecule has 0 fully saturated rings. The van der Waals surface area contributed by atoms with Crippen molar-refractivity contribution >= 4 is 11.6 Å². The van der Waals surface area contributed by atoms with Gasteiger partial charge >= 0.3 is 0 Å². The third-order valence-electron chi connectivity index (χ3n) is 4.40. The summed E-state index contributed by atoms with van der Waals surface area (Å²) < 4.78 is 17.5. The van der Waals surface area contributed by atoms with Gasteiger partial charge in [0.25, 0.3) is 5.91 Å². The summed E-state index contributed by atoms with van der Waals surface area (Å²) >= 11 is 0. The molecule has 1 atom stereocenters. The maximum absolute atomic E-state index is 12.4. The maximum Gasteiger partial charge on any atom is 0.295 e. The lowest BCUT2D eigenvalue weighted by molar-refractivity contribution is 0.101. The van der Waals surface area contributed by atoms with Gasteiger partial charge in [0.1, 0.15) is 25.3 Å². The summed E-state index contributed by atoms with van der Waals surface area (Å²) in [5.74, 6) is 1.47. The first-order valence-corrected chi connectivity index (χ1v) is 9.05. The summed E-state index contributed by atoms with van der Waals surface area (Å²) in [6.45, 7) is 1.13. The molecule has 0 radical (unpaired) electrons. The van der Waals surface area contributed by atoms with Crippen LogP contribution < -0.4 is 19.5 Å². The summed E-state index contributed by atoms with van der Waals surface area (Å²) in [5, 5.41) is 17.3. The molecule has 0 aliphatic carbocycles. The monoisotopic (exact) mass is 396 g/mol. The predicted octanol–water partition coefficient (Wildman–Crippen LogP) is 2.04. The number of benzene rings is 2. The zero-order valence-electron chi connectivity index (χ0n) is 15.7. The van der Waals surface area contributed by atoms with Crippen LogP contribution in [0.1, 0.15) is 22.3 Å². The van der Waals surface area contributed by atoms with Crippen molar-refractivity contribution in [2.24, 2.45) is 0 Å². The largest absolute Gasteiger partial charge is 0.497 e. The molecule has 0 saturated carbocycles. The van der Waals surface area contributed by atoms with Crippen LogP contribution >= 0.6 is 0 Å². The third kappa shape index (κ3) is 4.30. The molecule has 0 bridgehead atoms. The van der Waals surface area contributed by atoms with E-state index in [2.05, 4.69) is 15.4 Å². The number of carbonyl (C=O) groups excluding carboxylic acids is 1. The Labute approximate surface area is 166 Å². The fourth-order valence-corrected chi connectivity index (χ4v) is 2.90. The number of methoxy groups -OCH3 is 1. The molecule has 2 heterocycles. The topological polar surface area (TPSA) is 108 Å². The fourth-order valence-electron chi connectivity index (χ4n) is 2.90. The SMILES string of the molecule is COc1ccc([C@@H](O)Cn2cnc(C(=O)Nc3ccc4c(c3)OCCO4)n2)cc1. The Morgan fingerprint density at radius 3 is 2.72 bits per heavy atom. The number of hydrogen-bond donors (Lipinski definition) is 2. The van der Waals surface area contributed by atoms with Crippen LogP contribution in [0.15, 0.2) is 48.8 Å². The van der Waals surface area contributed by atoms with E-state index in [4.69, 9.17) is 14.2 Å². The molecule has 0 saturated heterocycles. The highest BCUT2D eigenvalue weighted by Gasteiger charge is 2.17. The van der Waals surface area contributed by atoms with E-state index in [9.17, 15) is 9.90 Å². The number of ether oxygens (including phenoxy) is 3. The van der Waals surface area contributed by atoms with Gasteiger partial charge < -0.3 is 24.6 Å². The first-order valence-electron chi connectivity index (χ1n) is 9.05. The highest BCUT2D eigenvalue weighted by Crippen LogP contribution is 2.32. The van der Waals surface area contributed by atoms with Crippen molar-refractivity contribution in [1.29, 1.82) is 0 Å². The molecule has 1 aliphatic rings. The van der Waals surface area contributed by atoms with Gasteiger partial charge in [-0.05, 0) is 29.8 Å². The number of nitrogens with one attached hydrogen (secondary N) is 1. The third-order valence-corrected chi connectivity index (χ3v) is 4.40. The van der Waals surface area contributed by atoms with Crippen LogP contribution in [0.4, 0.5) is 5.69 Å². The number of carbonyl (C=O) groups is 1. The van der Waals surface area contributed by atoms with Crippen LogP contribution in [-0.4, -0.2) is 46.1 Å². The summed E-state index contributed by atoms with van der Waals surface area (Å²) in [6.07, 6.45) is 0.613. The number of fused-ring (bicyclic) bond motifs is 1. The number of aliphatic hydroxyl groups is 1. The van der Waals surface area contributed by atoms with Crippen LogP contribution in [-0.2, 0) is 6.54 Å². The van der Waals surface area contributed by atoms with Crippen molar-refractivity contribution in [3.8, 4) is 17.2 Å². The highest BCUT2D eigenvalue weighted by atomic mass is 16.6. The Morgan fingerprint density at radius 2 is 1.97 bits per heavy atom. The normalized spacial score (nSPS) is 13.6. The van der Waals surface area contributed by atoms with Gasteiger partial charge in [0.05, 0.1) is 19.8 Å². The van der Waals surface area contributed by atoms with Crippen LogP contribution in [0.5, 0.6) is 17.2 Å². The first kappa shape index (κ1) is 18.8. The van der Waals surface area contributed by atoms with Crippen molar-refractivity contribution in [3.63, 3.8) is 0 Å². The number of nitrogens with zero attached hydrogens (tertiary/aromatic N) is 3. The Morgan fingerprint density at radius 1 is 1.21 bits per heavy atom. The molecule has 1 aromatic heterocycles. The van der Waals surface area contributed by atoms with Crippen molar-refractivity contribution in [3.05, 3.63) is 60.2 Å². The summed E-state index contributed by atoms with van der Waals surface area (Å²) in [4.78, 5) is 16.5. The molecule has 150 valence electrons. The maximum atomic E-state index is 12.4. The van der Waals surface area contributed by atoms with E-state index in [1.165, 1.54) is 11.0 Å². The summed E-state index contributed by atoms with van der Waals surface area (Å²) in [6, 6.07) is 12.2. The van der Waals surface area contributed by atoms with E-state index in [0.29, 0.717) is 41.7 Å². The van der Waals surface area contributed by atoms with E-state index < -0.39 is 12.0 Å². The van der Waals surface area contributed by atoms with E-state index in [1.54, 1.807) is 49.6 Å². The minimum Gasteiger partial charge on any atom is -0.497 e.